The van der Waals surface area contributed by atoms with E-state index in [2.05, 4.69) is 17.0 Å². The van der Waals surface area contributed by atoms with Crippen LogP contribution in [0.1, 0.15) is 12.8 Å². The maximum absolute atomic E-state index is 12.5. The molecule has 0 saturated carbocycles. The molecule has 2 aliphatic heterocycles. The summed E-state index contributed by atoms with van der Waals surface area (Å²) in [6.45, 7) is 3.66. The van der Waals surface area contributed by atoms with Gasteiger partial charge in [0.1, 0.15) is 5.82 Å². The van der Waals surface area contributed by atoms with Gasteiger partial charge in [-0.15, -0.1) is 0 Å². The molecule has 2 aromatic rings. The number of hydrogen-bond donors (Lipinski definition) is 0. The third-order valence-electron chi connectivity index (χ3n) is 4.67. The average molecular weight is 311 g/mol. The molecule has 0 aliphatic carbocycles. The lowest BCUT2D eigenvalue weighted by atomic mass is 10.2. The van der Waals surface area contributed by atoms with Crippen molar-refractivity contribution in [1.29, 1.82) is 0 Å². The molecular weight excluding hydrogens is 290 g/mol. The van der Waals surface area contributed by atoms with E-state index in [1.165, 1.54) is 0 Å². The zero-order valence-electron chi connectivity index (χ0n) is 13.1. The minimum absolute atomic E-state index is 0.132. The summed E-state index contributed by atoms with van der Waals surface area (Å²) in [7, 11) is 0. The van der Waals surface area contributed by atoms with Gasteiger partial charge in [0, 0.05) is 25.0 Å². The maximum Gasteiger partial charge on any atom is 0.253 e. The van der Waals surface area contributed by atoms with Gasteiger partial charge in [0.2, 0.25) is 0 Å². The Morgan fingerprint density at radius 1 is 1.09 bits per heavy atom. The lowest BCUT2D eigenvalue weighted by Crippen LogP contribution is -2.50. The number of pyridine rings is 1. The molecular formula is C18H21N3O2. The second-order valence-electron chi connectivity index (χ2n) is 6.20. The Balaban J connectivity index is 1.52. The van der Waals surface area contributed by atoms with Gasteiger partial charge in [0.25, 0.3) is 5.91 Å². The second-order valence-corrected chi connectivity index (χ2v) is 6.20. The van der Waals surface area contributed by atoms with E-state index in [4.69, 9.17) is 9.72 Å². The molecule has 0 bridgehead atoms. The zero-order valence-corrected chi connectivity index (χ0v) is 13.1. The van der Waals surface area contributed by atoms with E-state index in [1.807, 2.05) is 29.2 Å². The third-order valence-corrected chi connectivity index (χ3v) is 4.67. The second kappa shape index (κ2) is 6.16. The fraction of sp³-hybridized carbons (Fsp3) is 0.444. The number of fused-ring (bicyclic) bond motifs is 1. The molecule has 0 N–H and O–H groups in total. The number of amides is 1. The number of carbonyl (C=O) groups is 1. The molecule has 5 heteroatoms. The van der Waals surface area contributed by atoms with Crippen LogP contribution in [0.5, 0.6) is 0 Å². The molecule has 1 amide bonds. The standard InChI is InChI=1S/C18H21N3O2/c22-18(20-9-3-4-10-20)16-13-21(11-12-23-16)17-8-7-14-5-1-2-6-15(14)19-17/h1-2,5-8,16H,3-4,9-13H2. The Morgan fingerprint density at radius 3 is 2.78 bits per heavy atom. The molecule has 1 unspecified atom stereocenters. The first kappa shape index (κ1) is 14.5. The fourth-order valence-corrected chi connectivity index (χ4v) is 3.38. The van der Waals surface area contributed by atoms with Crippen LogP contribution in [0, 0.1) is 0 Å². The van der Waals surface area contributed by atoms with Crippen molar-refractivity contribution in [3.8, 4) is 0 Å². The lowest BCUT2D eigenvalue weighted by Gasteiger charge is -2.34. The Morgan fingerprint density at radius 2 is 1.91 bits per heavy atom. The number of benzene rings is 1. The molecule has 0 radical (unpaired) electrons. The predicted molar refractivity (Wildman–Crippen MR) is 89.5 cm³/mol. The zero-order chi connectivity index (χ0) is 15.6. The molecule has 1 aromatic heterocycles. The molecule has 2 aliphatic rings. The van der Waals surface area contributed by atoms with Crippen molar-refractivity contribution in [2.24, 2.45) is 0 Å². The Hall–Kier alpha value is -2.14. The highest BCUT2D eigenvalue weighted by atomic mass is 16.5. The van der Waals surface area contributed by atoms with Gasteiger partial charge in [-0.25, -0.2) is 4.98 Å². The van der Waals surface area contributed by atoms with E-state index >= 15 is 0 Å². The van der Waals surface area contributed by atoms with Crippen LogP contribution in [0.4, 0.5) is 5.82 Å². The molecule has 5 nitrogen and oxygen atoms in total. The summed E-state index contributed by atoms with van der Waals surface area (Å²) in [6.07, 6.45) is 1.85. The Kier molecular flexibility index (Phi) is 3.87. The van der Waals surface area contributed by atoms with E-state index in [-0.39, 0.29) is 12.0 Å². The minimum atomic E-state index is -0.366. The minimum Gasteiger partial charge on any atom is -0.365 e. The predicted octanol–water partition coefficient (Wildman–Crippen LogP) is 2.06. The quantitative estimate of drug-likeness (QED) is 0.852. The van der Waals surface area contributed by atoms with E-state index in [0.717, 1.165) is 49.2 Å². The number of aromatic nitrogens is 1. The molecule has 23 heavy (non-hydrogen) atoms. The molecule has 1 aromatic carbocycles. The maximum atomic E-state index is 12.5. The number of ether oxygens (including phenoxy) is 1. The lowest BCUT2D eigenvalue weighted by molar-refractivity contribution is -0.143. The summed E-state index contributed by atoms with van der Waals surface area (Å²) < 4.78 is 5.73. The number of morpholine rings is 1. The molecule has 3 heterocycles. The van der Waals surface area contributed by atoms with Crippen LogP contribution < -0.4 is 4.90 Å². The van der Waals surface area contributed by atoms with Crippen molar-refractivity contribution in [1.82, 2.24) is 9.88 Å². The molecule has 4 rings (SSSR count). The smallest absolute Gasteiger partial charge is 0.253 e. The number of anilines is 1. The van der Waals surface area contributed by atoms with E-state index in [0.29, 0.717) is 13.2 Å². The third kappa shape index (κ3) is 2.88. The molecule has 120 valence electrons. The number of likely N-dealkylation sites (tertiary alicyclic amines) is 1. The number of carbonyl (C=O) groups excluding carboxylic acids is 1. The molecule has 2 fully saturated rings. The number of nitrogens with zero attached hydrogens (tertiary/aromatic N) is 3. The first-order valence-corrected chi connectivity index (χ1v) is 8.32. The summed E-state index contributed by atoms with van der Waals surface area (Å²) in [5.41, 5.74) is 0.985. The number of para-hydroxylation sites is 1. The van der Waals surface area contributed by atoms with E-state index in [9.17, 15) is 4.79 Å². The van der Waals surface area contributed by atoms with Gasteiger partial charge in [-0.05, 0) is 31.0 Å². The van der Waals surface area contributed by atoms with Crippen molar-refractivity contribution in [2.75, 3.05) is 37.7 Å². The molecule has 1 atom stereocenters. The van der Waals surface area contributed by atoms with Crippen molar-refractivity contribution in [2.45, 2.75) is 18.9 Å². The van der Waals surface area contributed by atoms with E-state index < -0.39 is 0 Å². The van der Waals surface area contributed by atoms with E-state index in [1.54, 1.807) is 0 Å². The highest BCUT2D eigenvalue weighted by Crippen LogP contribution is 2.21. The van der Waals surface area contributed by atoms with Crippen LogP contribution in [0.15, 0.2) is 36.4 Å². The largest absolute Gasteiger partial charge is 0.365 e. The van der Waals surface area contributed by atoms with Gasteiger partial charge in [0.15, 0.2) is 6.10 Å². The number of hydrogen-bond acceptors (Lipinski definition) is 4. The highest BCUT2D eigenvalue weighted by molar-refractivity contribution is 5.83. The van der Waals surface area contributed by atoms with Crippen molar-refractivity contribution >= 4 is 22.6 Å². The van der Waals surface area contributed by atoms with Crippen LogP contribution in [-0.4, -0.2) is 54.7 Å². The van der Waals surface area contributed by atoms with Crippen LogP contribution in [0.3, 0.4) is 0 Å². The summed E-state index contributed by atoms with van der Waals surface area (Å²) in [4.78, 5) is 21.4. The van der Waals surface area contributed by atoms with Gasteiger partial charge in [-0.2, -0.15) is 0 Å². The van der Waals surface area contributed by atoms with Gasteiger partial charge in [0.05, 0.1) is 18.7 Å². The normalized spacial score (nSPS) is 21.8. The summed E-state index contributed by atoms with van der Waals surface area (Å²) >= 11 is 0. The highest BCUT2D eigenvalue weighted by Gasteiger charge is 2.31. The van der Waals surface area contributed by atoms with Crippen molar-refractivity contribution in [3.05, 3.63) is 36.4 Å². The Labute approximate surface area is 135 Å². The summed E-state index contributed by atoms with van der Waals surface area (Å²) in [5.74, 6) is 1.05. The first-order chi connectivity index (χ1) is 11.3. The Bertz CT molecular complexity index is 712. The average Bonchev–Trinajstić information content (AvgIpc) is 3.15. The van der Waals surface area contributed by atoms with Crippen LogP contribution in [0.25, 0.3) is 10.9 Å². The molecule has 0 spiro atoms. The summed E-state index contributed by atoms with van der Waals surface area (Å²) in [5, 5.41) is 1.13. The van der Waals surface area contributed by atoms with Crippen molar-refractivity contribution < 1.29 is 9.53 Å². The molecule has 2 saturated heterocycles. The van der Waals surface area contributed by atoms with Gasteiger partial charge in [-0.1, -0.05) is 18.2 Å². The van der Waals surface area contributed by atoms with Crippen LogP contribution in [-0.2, 0) is 9.53 Å². The topological polar surface area (TPSA) is 45.7 Å². The van der Waals surface area contributed by atoms with Crippen LogP contribution in [0.2, 0.25) is 0 Å². The fourth-order valence-electron chi connectivity index (χ4n) is 3.38. The first-order valence-electron chi connectivity index (χ1n) is 8.32. The summed E-state index contributed by atoms with van der Waals surface area (Å²) in [6, 6.07) is 12.2. The monoisotopic (exact) mass is 311 g/mol. The van der Waals surface area contributed by atoms with Crippen molar-refractivity contribution in [3.63, 3.8) is 0 Å². The van der Waals surface area contributed by atoms with Gasteiger partial charge in [-0.3, -0.25) is 4.79 Å². The van der Waals surface area contributed by atoms with Gasteiger partial charge >= 0.3 is 0 Å². The van der Waals surface area contributed by atoms with Crippen LogP contribution >= 0.6 is 0 Å². The number of rotatable bonds is 2. The SMILES string of the molecule is O=C(C1CN(c2ccc3ccccc3n2)CCO1)N1CCCC1. The van der Waals surface area contributed by atoms with Gasteiger partial charge < -0.3 is 14.5 Å².